The first-order chi connectivity index (χ1) is 9.41. The molecule has 5 heteroatoms. The summed E-state index contributed by atoms with van der Waals surface area (Å²) in [4.78, 5) is 0. The van der Waals surface area contributed by atoms with Crippen LogP contribution in [0.1, 0.15) is 64.3 Å². The minimum absolute atomic E-state index is 0.155. The monoisotopic (exact) mass is 300 g/mol. The van der Waals surface area contributed by atoms with Crippen LogP contribution in [0.15, 0.2) is 6.20 Å². The van der Waals surface area contributed by atoms with Crippen molar-refractivity contribution in [1.82, 2.24) is 9.78 Å². The van der Waals surface area contributed by atoms with Gasteiger partial charge in [0.1, 0.15) is 6.10 Å². The van der Waals surface area contributed by atoms with Crippen molar-refractivity contribution in [3.63, 3.8) is 0 Å². The number of halogens is 1. The molecular formula is C15H25ClN2O2. The molecule has 1 aliphatic rings. The van der Waals surface area contributed by atoms with E-state index in [-0.39, 0.29) is 6.04 Å². The van der Waals surface area contributed by atoms with Crippen LogP contribution in [0.25, 0.3) is 0 Å². The third-order valence-corrected chi connectivity index (χ3v) is 4.72. The molecule has 0 aliphatic heterocycles. The van der Waals surface area contributed by atoms with Crippen LogP contribution in [-0.4, -0.2) is 27.6 Å². The molecule has 4 nitrogen and oxygen atoms in total. The van der Waals surface area contributed by atoms with Gasteiger partial charge in [0.25, 0.3) is 0 Å². The highest BCUT2D eigenvalue weighted by molar-refractivity contribution is 6.31. The van der Waals surface area contributed by atoms with E-state index in [0.717, 1.165) is 19.3 Å². The molecule has 2 rings (SSSR count). The molecular weight excluding hydrogens is 276 g/mol. The summed E-state index contributed by atoms with van der Waals surface area (Å²) < 4.78 is 7.57. The lowest BCUT2D eigenvalue weighted by molar-refractivity contribution is -0.136. The molecule has 0 radical (unpaired) electrons. The zero-order valence-corrected chi connectivity index (χ0v) is 13.5. The van der Waals surface area contributed by atoms with Crippen LogP contribution in [0.2, 0.25) is 5.02 Å². The number of nitrogens with zero attached hydrogens (tertiary/aromatic N) is 2. The van der Waals surface area contributed by atoms with E-state index in [0.29, 0.717) is 16.6 Å². The molecule has 3 unspecified atom stereocenters. The molecule has 0 bridgehead atoms. The van der Waals surface area contributed by atoms with Gasteiger partial charge in [0.15, 0.2) is 0 Å². The largest absolute Gasteiger partial charge is 0.384 e. The minimum atomic E-state index is -0.743. The molecule has 1 N–H and O–H groups in total. The lowest BCUT2D eigenvalue weighted by Crippen LogP contribution is -2.43. The number of aliphatic hydroxyl groups is 1. The predicted octanol–water partition coefficient (Wildman–Crippen LogP) is 3.75. The molecule has 114 valence electrons. The minimum Gasteiger partial charge on any atom is -0.384 e. The summed E-state index contributed by atoms with van der Waals surface area (Å²) in [5.74, 6) is 0.549. The van der Waals surface area contributed by atoms with Crippen LogP contribution in [0.4, 0.5) is 0 Å². The van der Waals surface area contributed by atoms with Crippen molar-refractivity contribution in [2.24, 2.45) is 5.92 Å². The smallest absolute Gasteiger partial charge is 0.126 e. The van der Waals surface area contributed by atoms with E-state index < -0.39 is 11.7 Å². The highest BCUT2D eigenvalue weighted by atomic mass is 35.5. The summed E-state index contributed by atoms with van der Waals surface area (Å²) in [6.45, 7) is 6.27. The highest BCUT2D eigenvalue weighted by Gasteiger charge is 2.44. The lowest BCUT2D eigenvalue weighted by Gasteiger charge is -2.42. The van der Waals surface area contributed by atoms with E-state index in [2.05, 4.69) is 12.0 Å². The van der Waals surface area contributed by atoms with Gasteiger partial charge in [-0.05, 0) is 32.6 Å². The Morgan fingerprint density at radius 1 is 1.55 bits per heavy atom. The van der Waals surface area contributed by atoms with Crippen LogP contribution < -0.4 is 0 Å². The van der Waals surface area contributed by atoms with Gasteiger partial charge in [0.2, 0.25) is 0 Å². The molecule has 1 aromatic rings. The summed E-state index contributed by atoms with van der Waals surface area (Å²) in [6, 6.07) is 0.155. The van der Waals surface area contributed by atoms with Crippen molar-refractivity contribution in [1.29, 1.82) is 0 Å². The zero-order valence-electron chi connectivity index (χ0n) is 12.8. The summed E-state index contributed by atoms with van der Waals surface area (Å²) in [7, 11) is 1.69. The number of hydrogen-bond donors (Lipinski definition) is 1. The lowest BCUT2D eigenvalue weighted by atomic mass is 9.74. The van der Waals surface area contributed by atoms with Crippen LogP contribution in [-0.2, 0) is 4.74 Å². The first-order valence-corrected chi connectivity index (χ1v) is 7.75. The number of hydrogen-bond acceptors (Lipinski definition) is 3. The van der Waals surface area contributed by atoms with Gasteiger partial charge in [0, 0.05) is 13.2 Å². The number of aliphatic hydroxyl groups excluding tert-OH is 1. The van der Waals surface area contributed by atoms with E-state index in [4.69, 9.17) is 16.3 Å². The Balaban J connectivity index is 2.38. The molecule has 0 aromatic carbocycles. The molecule has 0 spiro atoms. The molecule has 1 heterocycles. The van der Waals surface area contributed by atoms with Crippen molar-refractivity contribution in [3.8, 4) is 0 Å². The fraction of sp³-hybridized carbons (Fsp3) is 0.800. The zero-order chi connectivity index (χ0) is 14.9. The Bertz CT molecular complexity index is 461. The van der Waals surface area contributed by atoms with Gasteiger partial charge in [0.05, 0.1) is 22.5 Å². The fourth-order valence-electron chi connectivity index (χ4n) is 3.36. The highest BCUT2D eigenvalue weighted by Crippen LogP contribution is 2.45. The van der Waals surface area contributed by atoms with Gasteiger partial charge >= 0.3 is 0 Å². The fourth-order valence-corrected chi connectivity index (χ4v) is 3.59. The van der Waals surface area contributed by atoms with E-state index in [1.54, 1.807) is 18.0 Å². The van der Waals surface area contributed by atoms with Gasteiger partial charge in [-0.2, -0.15) is 5.10 Å². The third-order valence-electron chi connectivity index (χ3n) is 4.43. The second-order valence-electron chi connectivity index (χ2n) is 6.29. The second-order valence-corrected chi connectivity index (χ2v) is 6.70. The van der Waals surface area contributed by atoms with Gasteiger partial charge in [-0.25, -0.2) is 0 Å². The van der Waals surface area contributed by atoms with Crippen molar-refractivity contribution >= 4 is 11.6 Å². The first-order valence-electron chi connectivity index (χ1n) is 7.37. The Hall–Kier alpha value is -0.580. The van der Waals surface area contributed by atoms with E-state index in [1.165, 1.54) is 6.42 Å². The quantitative estimate of drug-likeness (QED) is 0.921. The summed E-state index contributed by atoms with van der Waals surface area (Å²) in [5.41, 5.74) is 0.131. The summed E-state index contributed by atoms with van der Waals surface area (Å²) >= 11 is 6.26. The SMILES string of the molecule is COC1(C(O)c2c(Cl)cnn2C(C)C)CCCC(C)C1. The van der Waals surface area contributed by atoms with Gasteiger partial charge in [-0.1, -0.05) is 31.4 Å². The first kappa shape index (κ1) is 15.8. The van der Waals surface area contributed by atoms with E-state index in [1.807, 2.05) is 13.8 Å². The van der Waals surface area contributed by atoms with Crippen LogP contribution >= 0.6 is 11.6 Å². The van der Waals surface area contributed by atoms with E-state index >= 15 is 0 Å². The standard InChI is InChI=1S/C15H25ClN2O2/c1-10(2)18-13(12(16)9-17-18)14(19)15(20-4)7-5-6-11(3)8-15/h9-11,14,19H,5-8H2,1-4H3. The number of rotatable bonds is 4. The molecule has 1 aromatic heterocycles. The summed E-state index contributed by atoms with van der Waals surface area (Å²) in [6.07, 6.45) is 4.83. The Kier molecular flexibility index (Phi) is 4.77. The van der Waals surface area contributed by atoms with Crippen LogP contribution in [0.5, 0.6) is 0 Å². The summed E-state index contributed by atoms with van der Waals surface area (Å²) in [5, 5.41) is 15.7. The molecule has 1 fully saturated rings. The van der Waals surface area contributed by atoms with Crippen LogP contribution in [0, 0.1) is 5.92 Å². The topological polar surface area (TPSA) is 47.3 Å². The molecule has 1 aliphatic carbocycles. The van der Waals surface area contributed by atoms with Crippen molar-refractivity contribution in [2.45, 2.75) is 64.2 Å². The van der Waals surface area contributed by atoms with Crippen molar-refractivity contribution in [2.75, 3.05) is 7.11 Å². The Morgan fingerprint density at radius 3 is 2.80 bits per heavy atom. The van der Waals surface area contributed by atoms with Crippen LogP contribution in [0.3, 0.4) is 0 Å². The van der Waals surface area contributed by atoms with Crippen molar-refractivity contribution in [3.05, 3.63) is 16.9 Å². The number of ether oxygens (including phenoxy) is 1. The Labute approximate surface area is 126 Å². The third kappa shape index (κ3) is 2.74. The molecule has 0 amide bonds. The van der Waals surface area contributed by atoms with E-state index in [9.17, 15) is 5.11 Å². The normalized spacial score (nSPS) is 28.9. The maximum absolute atomic E-state index is 10.9. The number of methoxy groups -OCH3 is 1. The second kappa shape index (κ2) is 6.04. The molecule has 0 saturated heterocycles. The maximum Gasteiger partial charge on any atom is 0.126 e. The van der Waals surface area contributed by atoms with Crippen molar-refractivity contribution < 1.29 is 9.84 Å². The van der Waals surface area contributed by atoms with Gasteiger partial charge in [-0.3, -0.25) is 4.68 Å². The van der Waals surface area contributed by atoms with Gasteiger partial charge in [-0.15, -0.1) is 0 Å². The average Bonchev–Trinajstić information content (AvgIpc) is 2.79. The average molecular weight is 301 g/mol. The van der Waals surface area contributed by atoms with Gasteiger partial charge < -0.3 is 9.84 Å². The predicted molar refractivity (Wildman–Crippen MR) is 80.0 cm³/mol. The Morgan fingerprint density at radius 2 is 2.25 bits per heavy atom. The maximum atomic E-state index is 10.9. The molecule has 3 atom stereocenters. The molecule has 1 saturated carbocycles. The molecule has 20 heavy (non-hydrogen) atoms. The number of aromatic nitrogens is 2.